The van der Waals surface area contributed by atoms with Crippen LogP contribution in [0.3, 0.4) is 0 Å². The topological polar surface area (TPSA) is 120 Å². The number of imidazole rings is 1. The van der Waals surface area contributed by atoms with Crippen LogP contribution >= 0.6 is 34.5 Å². The fourth-order valence-corrected chi connectivity index (χ4v) is 5.97. The van der Waals surface area contributed by atoms with Crippen LogP contribution in [-0.4, -0.2) is 41.4 Å². The SMILES string of the molecule is CCOC(=O)c1ccc(Cn2c(C)nc3ccc(C(=O)NS(=O)(=O)c4ccc(Cl)s4)nc32)c(Cl)c1. The van der Waals surface area contributed by atoms with E-state index in [4.69, 9.17) is 27.9 Å². The van der Waals surface area contributed by atoms with Crippen molar-refractivity contribution in [1.29, 1.82) is 0 Å². The van der Waals surface area contributed by atoms with Crippen LogP contribution in [0.5, 0.6) is 0 Å². The molecule has 3 heterocycles. The second-order valence-corrected chi connectivity index (χ2v) is 11.3. The summed E-state index contributed by atoms with van der Waals surface area (Å²) in [7, 11) is -4.10. The van der Waals surface area contributed by atoms with Crippen LogP contribution < -0.4 is 4.72 Å². The lowest BCUT2D eigenvalue weighted by molar-refractivity contribution is 0.0526. The quantitative estimate of drug-likeness (QED) is 0.336. The number of esters is 1. The molecular formula is C22H18Cl2N4O5S2. The number of ether oxygens (including phenoxy) is 1. The van der Waals surface area contributed by atoms with Crippen LogP contribution in [0.25, 0.3) is 11.2 Å². The van der Waals surface area contributed by atoms with E-state index in [1.54, 1.807) is 36.6 Å². The van der Waals surface area contributed by atoms with Gasteiger partial charge in [0.25, 0.3) is 15.9 Å². The lowest BCUT2D eigenvalue weighted by atomic mass is 10.1. The number of aryl methyl sites for hydroxylation is 1. The van der Waals surface area contributed by atoms with Gasteiger partial charge in [0.05, 0.1) is 23.1 Å². The number of halogens is 2. The first-order chi connectivity index (χ1) is 16.6. The number of fused-ring (bicyclic) bond motifs is 1. The summed E-state index contributed by atoms with van der Waals surface area (Å²) in [4.78, 5) is 33.5. The molecule has 0 unspecified atom stereocenters. The molecule has 0 spiro atoms. The molecule has 0 aliphatic heterocycles. The standard InChI is InChI=1S/C22H18Cl2N4O5S2/c1-3-33-22(30)13-4-5-14(15(23)10-13)11-28-12(2)25-16-6-7-17(26-20(16)28)21(29)27-35(31,32)19-9-8-18(24)34-19/h4-10H,3,11H2,1-2H3,(H,27,29). The molecule has 182 valence electrons. The summed E-state index contributed by atoms with van der Waals surface area (Å²) in [6.45, 7) is 4.00. The normalized spacial score (nSPS) is 11.5. The summed E-state index contributed by atoms with van der Waals surface area (Å²) in [5.41, 5.74) is 1.81. The maximum Gasteiger partial charge on any atom is 0.338 e. The van der Waals surface area contributed by atoms with Gasteiger partial charge in [-0.1, -0.05) is 29.3 Å². The Morgan fingerprint density at radius 1 is 1.11 bits per heavy atom. The van der Waals surface area contributed by atoms with Crippen molar-refractivity contribution in [3.63, 3.8) is 0 Å². The Balaban J connectivity index is 1.63. The zero-order chi connectivity index (χ0) is 25.3. The molecule has 0 fully saturated rings. The second-order valence-electron chi connectivity index (χ2n) is 7.30. The largest absolute Gasteiger partial charge is 0.462 e. The number of aromatic nitrogens is 3. The molecule has 3 aromatic heterocycles. The first-order valence-electron chi connectivity index (χ1n) is 10.2. The Hall–Kier alpha value is -2.99. The molecule has 0 saturated heterocycles. The average Bonchev–Trinajstić information content (AvgIpc) is 3.38. The molecule has 0 bridgehead atoms. The first kappa shape index (κ1) is 25.1. The molecule has 0 radical (unpaired) electrons. The van der Waals surface area contributed by atoms with Gasteiger partial charge in [-0.2, -0.15) is 0 Å². The maximum absolute atomic E-state index is 12.7. The van der Waals surface area contributed by atoms with Gasteiger partial charge in [0.1, 0.15) is 21.2 Å². The number of carbonyl (C=O) groups is 2. The number of rotatable bonds is 7. The highest BCUT2D eigenvalue weighted by molar-refractivity contribution is 7.92. The minimum Gasteiger partial charge on any atom is -0.462 e. The van der Waals surface area contributed by atoms with Crippen molar-refractivity contribution in [3.8, 4) is 0 Å². The van der Waals surface area contributed by atoms with Gasteiger partial charge in [-0.15, -0.1) is 11.3 Å². The number of sulfonamides is 1. The molecule has 4 aromatic rings. The fraction of sp³-hybridized carbons (Fsp3) is 0.182. The van der Waals surface area contributed by atoms with Crippen molar-refractivity contribution >= 4 is 67.6 Å². The van der Waals surface area contributed by atoms with Crippen molar-refractivity contribution in [2.45, 2.75) is 24.6 Å². The Bertz CT molecular complexity index is 1560. The van der Waals surface area contributed by atoms with Crippen LogP contribution in [0.15, 0.2) is 46.7 Å². The van der Waals surface area contributed by atoms with Gasteiger partial charge in [-0.3, -0.25) is 4.79 Å². The van der Waals surface area contributed by atoms with E-state index in [2.05, 4.69) is 9.97 Å². The van der Waals surface area contributed by atoms with Gasteiger partial charge in [-0.05, 0) is 55.8 Å². The Labute approximate surface area is 214 Å². The number of hydrogen-bond acceptors (Lipinski definition) is 8. The molecule has 0 aliphatic rings. The highest BCUT2D eigenvalue weighted by Gasteiger charge is 2.22. The predicted molar refractivity (Wildman–Crippen MR) is 133 cm³/mol. The molecule has 1 aromatic carbocycles. The van der Waals surface area contributed by atoms with E-state index in [0.717, 1.165) is 11.3 Å². The van der Waals surface area contributed by atoms with Crippen LogP contribution in [0.4, 0.5) is 0 Å². The number of nitrogens with zero attached hydrogens (tertiary/aromatic N) is 3. The van der Waals surface area contributed by atoms with Gasteiger partial charge in [0.15, 0.2) is 5.65 Å². The van der Waals surface area contributed by atoms with Crippen molar-refractivity contribution < 1.29 is 22.7 Å². The van der Waals surface area contributed by atoms with E-state index >= 15 is 0 Å². The lowest BCUT2D eigenvalue weighted by Gasteiger charge is -2.10. The highest BCUT2D eigenvalue weighted by atomic mass is 35.5. The third kappa shape index (κ3) is 5.32. The Morgan fingerprint density at radius 2 is 1.89 bits per heavy atom. The molecular weight excluding hydrogens is 535 g/mol. The van der Waals surface area contributed by atoms with Crippen LogP contribution in [0.2, 0.25) is 9.36 Å². The van der Waals surface area contributed by atoms with Crippen LogP contribution in [-0.2, 0) is 21.3 Å². The number of amides is 1. The molecule has 13 heteroatoms. The lowest BCUT2D eigenvalue weighted by Crippen LogP contribution is -2.30. The smallest absolute Gasteiger partial charge is 0.338 e. The number of nitrogens with one attached hydrogen (secondary N) is 1. The summed E-state index contributed by atoms with van der Waals surface area (Å²) in [6, 6.07) is 10.6. The van der Waals surface area contributed by atoms with E-state index < -0.39 is 21.9 Å². The molecule has 0 saturated carbocycles. The number of hydrogen-bond donors (Lipinski definition) is 1. The van der Waals surface area contributed by atoms with Crippen molar-refractivity contribution in [1.82, 2.24) is 19.3 Å². The maximum atomic E-state index is 12.7. The van der Waals surface area contributed by atoms with E-state index in [1.165, 1.54) is 24.3 Å². The van der Waals surface area contributed by atoms with E-state index in [9.17, 15) is 18.0 Å². The number of carbonyl (C=O) groups excluding carboxylic acids is 2. The molecule has 4 rings (SSSR count). The minimum atomic E-state index is -4.10. The molecule has 0 atom stereocenters. The summed E-state index contributed by atoms with van der Waals surface area (Å²) in [6.07, 6.45) is 0. The third-order valence-electron chi connectivity index (χ3n) is 4.95. The Morgan fingerprint density at radius 3 is 2.54 bits per heavy atom. The van der Waals surface area contributed by atoms with Crippen LogP contribution in [0, 0.1) is 6.92 Å². The van der Waals surface area contributed by atoms with Gasteiger partial charge >= 0.3 is 5.97 Å². The monoisotopic (exact) mass is 552 g/mol. The molecule has 0 aliphatic carbocycles. The average molecular weight is 553 g/mol. The van der Waals surface area contributed by atoms with Crippen molar-refractivity contribution in [2.75, 3.05) is 6.61 Å². The molecule has 9 nitrogen and oxygen atoms in total. The minimum absolute atomic E-state index is 0.0845. The molecule has 35 heavy (non-hydrogen) atoms. The number of benzene rings is 1. The summed E-state index contributed by atoms with van der Waals surface area (Å²) in [5, 5.41) is 0.353. The second kappa shape index (κ2) is 9.94. The van der Waals surface area contributed by atoms with Gasteiger partial charge < -0.3 is 9.30 Å². The van der Waals surface area contributed by atoms with Crippen molar-refractivity contribution in [3.05, 3.63) is 74.5 Å². The number of pyridine rings is 1. The first-order valence-corrected chi connectivity index (χ1v) is 13.3. The number of thiophene rings is 1. The molecule has 1 N–H and O–H groups in total. The van der Waals surface area contributed by atoms with Gasteiger partial charge in [0, 0.05) is 5.02 Å². The highest BCUT2D eigenvalue weighted by Crippen LogP contribution is 2.26. The van der Waals surface area contributed by atoms with Crippen LogP contribution in [0.1, 0.15) is 39.2 Å². The van der Waals surface area contributed by atoms with E-state index in [1.807, 2.05) is 4.72 Å². The van der Waals surface area contributed by atoms with E-state index in [0.29, 0.717) is 33.1 Å². The van der Waals surface area contributed by atoms with Gasteiger partial charge in [0.2, 0.25) is 0 Å². The van der Waals surface area contributed by atoms with Crippen molar-refractivity contribution in [2.24, 2.45) is 0 Å². The predicted octanol–water partition coefficient (Wildman–Crippen LogP) is 4.45. The fourth-order valence-electron chi connectivity index (χ4n) is 3.28. The molecule has 1 amide bonds. The summed E-state index contributed by atoms with van der Waals surface area (Å²) >= 11 is 13.0. The summed E-state index contributed by atoms with van der Waals surface area (Å²) < 4.78 is 33.9. The van der Waals surface area contributed by atoms with E-state index in [-0.39, 0.29) is 27.4 Å². The summed E-state index contributed by atoms with van der Waals surface area (Å²) in [5.74, 6) is -0.752. The third-order valence-corrected chi connectivity index (χ3v) is 8.35. The Kier molecular flexibility index (Phi) is 7.13. The van der Waals surface area contributed by atoms with Gasteiger partial charge in [-0.25, -0.2) is 27.9 Å². The zero-order valence-corrected chi connectivity index (χ0v) is 21.6. The zero-order valence-electron chi connectivity index (χ0n) is 18.4.